The van der Waals surface area contributed by atoms with Gasteiger partial charge in [-0.3, -0.25) is 20.0 Å². The van der Waals surface area contributed by atoms with Crippen LogP contribution in [0.1, 0.15) is 44.8 Å². The van der Waals surface area contributed by atoms with Crippen molar-refractivity contribution in [2.45, 2.75) is 63.1 Å². The molecule has 1 unspecified atom stereocenters. The Morgan fingerprint density at radius 3 is 2.60 bits per heavy atom. The predicted molar refractivity (Wildman–Crippen MR) is 97.5 cm³/mol. The first-order valence-electron chi connectivity index (χ1n) is 10.2. The summed E-state index contributed by atoms with van der Waals surface area (Å²) in [5, 5.41) is 8.89. The van der Waals surface area contributed by atoms with Gasteiger partial charge in [-0.1, -0.05) is 0 Å². The summed E-state index contributed by atoms with van der Waals surface area (Å²) in [5.74, 6) is 0.470. The Bertz CT molecular complexity index is 896. The van der Waals surface area contributed by atoms with Gasteiger partial charge in [0.15, 0.2) is 24.3 Å². The molecule has 30 heavy (non-hydrogen) atoms. The van der Waals surface area contributed by atoms with Crippen molar-refractivity contribution in [3.63, 3.8) is 0 Å². The lowest BCUT2D eigenvalue weighted by Gasteiger charge is -2.44. The lowest BCUT2D eigenvalue weighted by Crippen LogP contribution is -2.43. The molecule has 11 nitrogen and oxygen atoms in total. The first-order chi connectivity index (χ1) is 14.5. The molecule has 2 saturated heterocycles. The summed E-state index contributed by atoms with van der Waals surface area (Å²) in [7, 11) is 0. The van der Waals surface area contributed by atoms with Crippen LogP contribution in [-0.2, 0) is 23.7 Å². The molecule has 0 spiro atoms. The lowest BCUT2D eigenvalue weighted by molar-refractivity contribution is -0.168. The highest BCUT2D eigenvalue weighted by molar-refractivity contribution is 5.77. The Morgan fingerprint density at radius 1 is 1.23 bits per heavy atom. The molecular weight excluding hydrogens is 398 g/mol. The van der Waals surface area contributed by atoms with Gasteiger partial charge in [0.25, 0.3) is 0 Å². The summed E-state index contributed by atoms with van der Waals surface area (Å²) in [5.41, 5.74) is 0.666. The molecule has 1 aromatic rings. The maximum absolute atomic E-state index is 12.9. The zero-order valence-corrected chi connectivity index (χ0v) is 16.2. The lowest BCUT2D eigenvalue weighted by atomic mass is 9.61. The highest BCUT2D eigenvalue weighted by Crippen LogP contribution is 2.51. The number of anilines is 1. The summed E-state index contributed by atoms with van der Waals surface area (Å²) in [6.07, 6.45) is 2.77. The fourth-order valence-electron chi connectivity index (χ4n) is 5.12. The van der Waals surface area contributed by atoms with E-state index < -0.39 is 41.8 Å². The van der Waals surface area contributed by atoms with E-state index >= 15 is 0 Å². The minimum absolute atomic E-state index is 0.0302. The first-order valence-corrected chi connectivity index (χ1v) is 10.2. The Labute approximate surface area is 171 Å². The molecule has 0 amide bonds. The first kappa shape index (κ1) is 19.3. The molecule has 11 heteroatoms. The molecule has 6 rings (SSSR count). The second-order valence-corrected chi connectivity index (χ2v) is 8.46. The largest absolute Gasteiger partial charge is 0.509 e. The summed E-state index contributed by atoms with van der Waals surface area (Å²) in [4.78, 5) is 40.5. The molecule has 0 aromatic carbocycles. The molecule has 0 radical (unpaired) electrons. The van der Waals surface area contributed by atoms with Crippen LogP contribution in [-0.4, -0.2) is 51.8 Å². The summed E-state index contributed by atoms with van der Waals surface area (Å²) in [6, 6.07) is 1.36. The van der Waals surface area contributed by atoms with Crippen molar-refractivity contribution in [2.75, 3.05) is 12.1 Å². The zero-order chi connectivity index (χ0) is 20.9. The Morgan fingerprint density at radius 2 is 1.93 bits per heavy atom. The second kappa shape index (κ2) is 7.24. The smallest absolute Gasteiger partial charge is 0.462 e. The van der Waals surface area contributed by atoms with Crippen LogP contribution in [0.15, 0.2) is 17.1 Å². The van der Waals surface area contributed by atoms with Gasteiger partial charge in [-0.2, -0.15) is 4.98 Å². The summed E-state index contributed by atoms with van der Waals surface area (Å²) in [6.45, 7) is -0.100. The molecule has 4 atom stereocenters. The molecule has 2 aliphatic heterocycles. The van der Waals surface area contributed by atoms with E-state index in [-0.39, 0.29) is 18.4 Å². The third-order valence-corrected chi connectivity index (χ3v) is 6.87. The fourth-order valence-corrected chi connectivity index (χ4v) is 5.12. The van der Waals surface area contributed by atoms with E-state index in [2.05, 4.69) is 4.98 Å². The normalized spacial score (nSPS) is 36.7. The van der Waals surface area contributed by atoms with Crippen molar-refractivity contribution in [1.82, 2.24) is 9.55 Å². The average Bonchev–Trinajstić information content (AvgIpc) is 3.31. The van der Waals surface area contributed by atoms with Gasteiger partial charge >= 0.3 is 17.8 Å². The van der Waals surface area contributed by atoms with Crippen LogP contribution in [0.5, 0.6) is 0 Å². The number of fused-ring (bicyclic) bond motifs is 4. The Hall–Kier alpha value is -2.66. The second-order valence-electron chi connectivity index (χ2n) is 8.46. The molecule has 162 valence electrons. The van der Waals surface area contributed by atoms with E-state index in [9.17, 15) is 14.4 Å². The number of hydrogen-bond acceptors (Lipinski definition) is 10. The van der Waals surface area contributed by atoms with Crippen molar-refractivity contribution < 1.29 is 33.7 Å². The van der Waals surface area contributed by atoms with Gasteiger partial charge in [0, 0.05) is 6.20 Å². The number of carbonyl (C=O) groups is 2. The van der Waals surface area contributed by atoms with Crippen LogP contribution in [0, 0.1) is 11.3 Å². The molecule has 3 saturated carbocycles. The van der Waals surface area contributed by atoms with Crippen LogP contribution in [0.4, 0.5) is 10.6 Å². The van der Waals surface area contributed by atoms with E-state index in [4.69, 9.17) is 24.2 Å². The van der Waals surface area contributed by atoms with E-state index in [0.29, 0.717) is 0 Å². The predicted octanol–water partition coefficient (Wildman–Crippen LogP) is 1.36. The number of esters is 1. The number of ether oxygens (including phenoxy) is 4. The number of rotatable bonds is 5. The highest BCUT2D eigenvalue weighted by Gasteiger charge is 2.56. The van der Waals surface area contributed by atoms with Crippen molar-refractivity contribution in [1.29, 1.82) is 0 Å². The molecule has 2 bridgehead atoms. The SMILES string of the molecule is O=C1O[C@@H]2[C@H](O1)C(COC(=O)C13CCC(CC1)CC3)O[C@H]2n1ccc(NO)nc1=O. The van der Waals surface area contributed by atoms with Crippen LogP contribution >= 0.6 is 0 Å². The fraction of sp³-hybridized carbons (Fsp3) is 0.684. The van der Waals surface area contributed by atoms with Gasteiger partial charge in [-0.05, 0) is 50.5 Å². The summed E-state index contributed by atoms with van der Waals surface area (Å²) < 4.78 is 23.0. The Kier molecular flexibility index (Phi) is 4.66. The van der Waals surface area contributed by atoms with Crippen LogP contribution in [0.3, 0.4) is 0 Å². The van der Waals surface area contributed by atoms with Gasteiger partial charge in [-0.25, -0.2) is 9.59 Å². The van der Waals surface area contributed by atoms with E-state index in [1.807, 2.05) is 0 Å². The monoisotopic (exact) mass is 421 g/mol. The molecule has 5 aliphatic rings. The molecule has 5 fully saturated rings. The quantitative estimate of drug-likeness (QED) is 0.529. The van der Waals surface area contributed by atoms with E-state index in [0.717, 1.165) is 49.0 Å². The van der Waals surface area contributed by atoms with Crippen molar-refractivity contribution in [3.8, 4) is 0 Å². The van der Waals surface area contributed by atoms with Gasteiger partial charge in [0.1, 0.15) is 12.7 Å². The number of carbonyl (C=O) groups excluding carboxylic acids is 2. The van der Waals surface area contributed by atoms with Crippen LogP contribution in [0.2, 0.25) is 0 Å². The minimum atomic E-state index is -0.985. The molecule has 3 aliphatic carbocycles. The van der Waals surface area contributed by atoms with Gasteiger partial charge in [0.05, 0.1) is 5.41 Å². The maximum Gasteiger partial charge on any atom is 0.509 e. The average molecular weight is 421 g/mol. The van der Waals surface area contributed by atoms with E-state index in [1.54, 1.807) is 5.48 Å². The Balaban J connectivity index is 1.30. The van der Waals surface area contributed by atoms with Gasteiger partial charge < -0.3 is 18.9 Å². The third-order valence-electron chi connectivity index (χ3n) is 6.87. The van der Waals surface area contributed by atoms with Crippen molar-refractivity contribution >= 4 is 17.9 Å². The molecule has 2 N–H and O–H groups in total. The van der Waals surface area contributed by atoms with Crippen molar-refractivity contribution in [2.24, 2.45) is 11.3 Å². The number of aromatic nitrogens is 2. The van der Waals surface area contributed by atoms with Gasteiger partial charge in [0.2, 0.25) is 0 Å². The molecular formula is C19H23N3O8. The molecule has 3 heterocycles. The minimum Gasteiger partial charge on any atom is -0.462 e. The highest BCUT2D eigenvalue weighted by atomic mass is 16.8. The topological polar surface area (TPSA) is 138 Å². The standard InChI is InChI=1S/C19H23N3O8/c23-16(19-5-1-10(2-6-19)3-7-19)27-9-11-13-14(30-18(25)29-13)15(28-11)22-8-4-12(21-26)20-17(22)24/h4,8,10-11,13-15,26H,1-3,5-7,9H2,(H,20,21,24)/t10?,11?,13-,14-,15-,19?/m1/s1. The number of hydrogen-bond donors (Lipinski definition) is 2. The zero-order valence-electron chi connectivity index (χ0n) is 16.2. The number of nitrogens with one attached hydrogen (secondary N) is 1. The third kappa shape index (κ3) is 3.12. The van der Waals surface area contributed by atoms with Gasteiger partial charge in [-0.15, -0.1) is 0 Å². The number of nitrogens with zero attached hydrogens (tertiary/aromatic N) is 2. The van der Waals surface area contributed by atoms with Crippen molar-refractivity contribution in [3.05, 3.63) is 22.7 Å². The summed E-state index contributed by atoms with van der Waals surface area (Å²) >= 11 is 0. The maximum atomic E-state index is 12.9. The van der Waals surface area contributed by atoms with Crippen LogP contribution < -0.4 is 11.2 Å². The van der Waals surface area contributed by atoms with E-state index in [1.165, 1.54) is 12.3 Å². The van der Waals surface area contributed by atoms with Crippen LogP contribution in [0.25, 0.3) is 0 Å². The molecule has 1 aromatic heterocycles.